The summed E-state index contributed by atoms with van der Waals surface area (Å²) in [4.78, 5) is 24.4. The van der Waals surface area contributed by atoms with Crippen LogP contribution in [-0.2, 0) is 4.79 Å². The average molecular weight is 217 g/mol. The van der Waals surface area contributed by atoms with E-state index in [1.54, 1.807) is 23.1 Å². The second kappa shape index (κ2) is 3.07. The van der Waals surface area contributed by atoms with Crippen LogP contribution in [0, 0.1) is 5.92 Å². The summed E-state index contributed by atoms with van der Waals surface area (Å²) in [6.45, 7) is 0. The zero-order chi connectivity index (χ0) is 11.3. The molecule has 2 bridgehead atoms. The Labute approximate surface area is 92.5 Å². The molecule has 1 aromatic rings. The fourth-order valence-corrected chi connectivity index (χ4v) is 2.50. The van der Waals surface area contributed by atoms with E-state index < -0.39 is 5.97 Å². The van der Waals surface area contributed by atoms with Crippen LogP contribution in [0.15, 0.2) is 24.3 Å². The molecule has 0 spiro atoms. The predicted octanol–water partition coefficient (Wildman–Crippen LogP) is 1.51. The van der Waals surface area contributed by atoms with E-state index >= 15 is 0 Å². The van der Waals surface area contributed by atoms with Gasteiger partial charge in [-0.2, -0.15) is 0 Å². The molecule has 4 nitrogen and oxygen atoms in total. The zero-order valence-corrected chi connectivity index (χ0v) is 8.59. The summed E-state index contributed by atoms with van der Waals surface area (Å²) in [7, 11) is 0. The zero-order valence-electron chi connectivity index (χ0n) is 8.59. The fraction of sp³-hybridized carbons (Fsp3) is 0.333. The number of hydrogen-bond donors (Lipinski definition) is 1. The Bertz CT molecular complexity index is 477. The molecule has 16 heavy (non-hydrogen) atoms. The molecule has 1 amide bonds. The first kappa shape index (κ1) is 9.39. The summed E-state index contributed by atoms with van der Waals surface area (Å²) in [5, 5.41) is 8.89. The third kappa shape index (κ3) is 1.16. The van der Waals surface area contributed by atoms with Gasteiger partial charge in [0, 0.05) is 17.6 Å². The Balaban J connectivity index is 1.98. The number of hydrogen-bond acceptors (Lipinski definition) is 2. The SMILES string of the molecule is O=C(O)c1cccc(N2C(=O)C3CC2C3)c1. The highest BCUT2D eigenvalue weighted by Crippen LogP contribution is 2.44. The van der Waals surface area contributed by atoms with Gasteiger partial charge >= 0.3 is 5.97 Å². The molecular weight excluding hydrogens is 206 g/mol. The minimum absolute atomic E-state index is 0.146. The lowest BCUT2D eigenvalue weighted by Gasteiger charge is -2.25. The summed E-state index contributed by atoms with van der Waals surface area (Å²) < 4.78 is 0. The lowest BCUT2D eigenvalue weighted by molar-refractivity contribution is -0.119. The minimum Gasteiger partial charge on any atom is -0.478 e. The number of amides is 1. The Morgan fingerprint density at radius 2 is 2.12 bits per heavy atom. The standard InChI is InChI=1S/C12H11NO3/c14-11-8-5-10(6-8)13(11)9-3-1-2-7(4-9)12(15)16/h1-4,8,10H,5-6H2,(H,15,16). The molecular formula is C12H11NO3. The normalized spacial score (nSPS) is 26.8. The molecule has 82 valence electrons. The molecule has 0 aromatic heterocycles. The highest BCUT2D eigenvalue weighted by molar-refractivity contribution is 6.01. The molecule has 3 fully saturated rings. The molecule has 0 unspecified atom stereocenters. The van der Waals surface area contributed by atoms with Crippen LogP contribution in [-0.4, -0.2) is 23.0 Å². The Hall–Kier alpha value is -1.84. The maximum atomic E-state index is 11.8. The van der Waals surface area contributed by atoms with E-state index in [0.29, 0.717) is 6.04 Å². The lowest BCUT2D eigenvalue weighted by atomic mass is 9.86. The van der Waals surface area contributed by atoms with Crippen molar-refractivity contribution in [2.75, 3.05) is 4.90 Å². The van der Waals surface area contributed by atoms with Crippen molar-refractivity contribution >= 4 is 17.6 Å². The van der Waals surface area contributed by atoms with Crippen molar-refractivity contribution in [3.05, 3.63) is 29.8 Å². The number of benzene rings is 1. The van der Waals surface area contributed by atoms with E-state index in [9.17, 15) is 9.59 Å². The van der Waals surface area contributed by atoms with Gasteiger partial charge in [0.2, 0.25) is 5.91 Å². The third-order valence-corrected chi connectivity index (χ3v) is 3.44. The number of carboxylic acid groups (broad SMARTS) is 1. The molecule has 3 aliphatic rings. The van der Waals surface area contributed by atoms with Crippen molar-refractivity contribution in [3.8, 4) is 0 Å². The van der Waals surface area contributed by atoms with Crippen molar-refractivity contribution < 1.29 is 14.7 Å². The maximum absolute atomic E-state index is 11.8. The summed E-state index contributed by atoms with van der Waals surface area (Å²) in [5.74, 6) is -0.633. The summed E-state index contributed by atoms with van der Waals surface area (Å²) in [6, 6.07) is 6.88. The van der Waals surface area contributed by atoms with Gasteiger partial charge in [0.05, 0.1) is 5.56 Å². The van der Waals surface area contributed by atoms with E-state index in [2.05, 4.69) is 0 Å². The molecule has 4 rings (SSSR count). The number of anilines is 1. The molecule has 1 N–H and O–H groups in total. The summed E-state index contributed by atoms with van der Waals surface area (Å²) in [6.07, 6.45) is 1.85. The van der Waals surface area contributed by atoms with E-state index in [-0.39, 0.29) is 17.4 Å². The second-order valence-corrected chi connectivity index (χ2v) is 4.39. The van der Waals surface area contributed by atoms with Crippen LogP contribution in [0.1, 0.15) is 23.2 Å². The van der Waals surface area contributed by atoms with Crippen LogP contribution < -0.4 is 4.90 Å². The molecule has 4 heteroatoms. The van der Waals surface area contributed by atoms with Gasteiger partial charge in [-0.25, -0.2) is 4.79 Å². The number of carbonyl (C=O) groups excluding carboxylic acids is 1. The number of rotatable bonds is 2. The van der Waals surface area contributed by atoms with Gasteiger partial charge < -0.3 is 10.0 Å². The fourth-order valence-electron chi connectivity index (χ4n) is 2.50. The Kier molecular flexibility index (Phi) is 1.80. The van der Waals surface area contributed by atoms with Gasteiger partial charge in [-0.05, 0) is 31.0 Å². The van der Waals surface area contributed by atoms with Gasteiger partial charge in [0.25, 0.3) is 0 Å². The second-order valence-electron chi connectivity index (χ2n) is 4.39. The minimum atomic E-state index is -0.958. The van der Waals surface area contributed by atoms with E-state index in [4.69, 9.17) is 5.11 Å². The highest BCUT2D eigenvalue weighted by atomic mass is 16.4. The number of nitrogens with zero attached hydrogens (tertiary/aromatic N) is 1. The average Bonchev–Trinajstić information content (AvgIpc) is 2.69. The smallest absolute Gasteiger partial charge is 0.335 e. The Morgan fingerprint density at radius 3 is 2.69 bits per heavy atom. The van der Waals surface area contributed by atoms with Crippen LogP contribution in [0.2, 0.25) is 0 Å². The van der Waals surface area contributed by atoms with Gasteiger partial charge in [0.1, 0.15) is 0 Å². The van der Waals surface area contributed by atoms with Gasteiger partial charge in [0.15, 0.2) is 0 Å². The first-order valence-corrected chi connectivity index (χ1v) is 5.33. The molecule has 0 atom stereocenters. The van der Waals surface area contributed by atoms with E-state index in [1.807, 2.05) is 0 Å². The summed E-state index contributed by atoms with van der Waals surface area (Å²) >= 11 is 0. The number of carbonyl (C=O) groups is 2. The largest absolute Gasteiger partial charge is 0.478 e. The van der Waals surface area contributed by atoms with E-state index in [1.165, 1.54) is 6.07 Å². The molecule has 1 aromatic carbocycles. The van der Waals surface area contributed by atoms with Crippen LogP contribution in [0.5, 0.6) is 0 Å². The molecule has 2 heterocycles. The van der Waals surface area contributed by atoms with Crippen molar-refractivity contribution in [1.82, 2.24) is 0 Å². The monoisotopic (exact) mass is 217 g/mol. The maximum Gasteiger partial charge on any atom is 0.335 e. The topological polar surface area (TPSA) is 57.6 Å². The first-order valence-electron chi connectivity index (χ1n) is 5.33. The molecule has 1 aliphatic carbocycles. The predicted molar refractivity (Wildman–Crippen MR) is 57.4 cm³/mol. The van der Waals surface area contributed by atoms with Gasteiger partial charge in [-0.3, -0.25) is 4.79 Å². The number of fused-ring (bicyclic) bond motifs is 1. The molecule has 2 saturated heterocycles. The molecule has 0 radical (unpaired) electrons. The van der Waals surface area contributed by atoms with Gasteiger partial charge in [-0.15, -0.1) is 0 Å². The van der Waals surface area contributed by atoms with Crippen LogP contribution in [0.25, 0.3) is 0 Å². The van der Waals surface area contributed by atoms with Crippen molar-refractivity contribution in [2.45, 2.75) is 18.9 Å². The number of carboxylic acids is 1. The lowest BCUT2D eigenvalue weighted by Crippen LogP contribution is -2.29. The van der Waals surface area contributed by atoms with Crippen LogP contribution in [0.3, 0.4) is 0 Å². The quantitative estimate of drug-likeness (QED) is 0.816. The molecule has 2 aliphatic heterocycles. The number of aromatic carboxylic acids is 1. The van der Waals surface area contributed by atoms with Crippen LogP contribution in [0.4, 0.5) is 5.69 Å². The molecule has 1 saturated carbocycles. The van der Waals surface area contributed by atoms with Crippen LogP contribution >= 0.6 is 0 Å². The van der Waals surface area contributed by atoms with Crippen molar-refractivity contribution in [1.29, 1.82) is 0 Å². The van der Waals surface area contributed by atoms with E-state index in [0.717, 1.165) is 18.5 Å². The van der Waals surface area contributed by atoms with Gasteiger partial charge in [-0.1, -0.05) is 6.07 Å². The van der Waals surface area contributed by atoms with Crippen molar-refractivity contribution in [2.24, 2.45) is 5.92 Å². The first-order chi connectivity index (χ1) is 7.66. The van der Waals surface area contributed by atoms with Crippen molar-refractivity contribution in [3.63, 3.8) is 0 Å². The Morgan fingerprint density at radius 1 is 1.38 bits per heavy atom. The highest BCUT2D eigenvalue weighted by Gasteiger charge is 2.50. The summed E-state index contributed by atoms with van der Waals surface area (Å²) in [5.41, 5.74) is 0.948. The third-order valence-electron chi connectivity index (χ3n) is 3.44.